The van der Waals surface area contributed by atoms with Crippen molar-refractivity contribution < 1.29 is 18.3 Å². The van der Waals surface area contributed by atoms with E-state index in [-0.39, 0.29) is 17.5 Å². The predicted octanol–water partition coefficient (Wildman–Crippen LogP) is 2.95. The van der Waals surface area contributed by atoms with Gasteiger partial charge in [-0.05, 0) is 48.4 Å². The summed E-state index contributed by atoms with van der Waals surface area (Å²) in [7, 11) is 1.40. The lowest BCUT2D eigenvalue weighted by Crippen LogP contribution is -2.25. The van der Waals surface area contributed by atoms with Crippen molar-refractivity contribution in [1.29, 1.82) is 0 Å². The van der Waals surface area contributed by atoms with Crippen LogP contribution in [0.5, 0.6) is 5.75 Å². The maximum absolute atomic E-state index is 13.5. The van der Waals surface area contributed by atoms with Crippen LogP contribution in [-0.4, -0.2) is 19.6 Å². The molecule has 5 heteroatoms. The third kappa shape index (κ3) is 4.02. The second-order valence-corrected chi connectivity index (χ2v) is 4.48. The number of amides is 1. The molecule has 0 aromatic heterocycles. The summed E-state index contributed by atoms with van der Waals surface area (Å²) < 4.78 is 31.1. The first-order valence-electron chi connectivity index (χ1n) is 6.46. The summed E-state index contributed by atoms with van der Waals surface area (Å²) in [6, 6.07) is 9.96. The fourth-order valence-corrected chi connectivity index (χ4v) is 1.89. The zero-order valence-electron chi connectivity index (χ0n) is 11.5. The van der Waals surface area contributed by atoms with E-state index in [9.17, 15) is 13.6 Å². The van der Waals surface area contributed by atoms with Crippen LogP contribution in [0.25, 0.3) is 0 Å². The second kappa shape index (κ2) is 6.83. The molecule has 0 aliphatic carbocycles. The van der Waals surface area contributed by atoms with Gasteiger partial charge in [-0.2, -0.15) is 0 Å². The largest absolute Gasteiger partial charge is 0.494 e. The van der Waals surface area contributed by atoms with E-state index >= 15 is 0 Å². The van der Waals surface area contributed by atoms with Crippen molar-refractivity contribution in [2.45, 2.75) is 6.42 Å². The summed E-state index contributed by atoms with van der Waals surface area (Å²) in [6.07, 6.45) is 0.494. The Balaban J connectivity index is 1.88. The molecule has 0 saturated heterocycles. The van der Waals surface area contributed by atoms with Gasteiger partial charge in [0.2, 0.25) is 0 Å². The van der Waals surface area contributed by atoms with Crippen LogP contribution >= 0.6 is 0 Å². The number of nitrogens with one attached hydrogen (secondary N) is 1. The van der Waals surface area contributed by atoms with Crippen molar-refractivity contribution in [1.82, 2.24) is 5.32 Å². The third-order valence-corrected chi connectivity index (χ3v) is 3.02. The normalized spacial score (nSPS) is 10.2. The minimum atomic E-state index is -0.431. The van der Waals surface area contributed by atoms with Gasteiger partial charge in [0.25, 0.3) is 5.91 Å². The maximum atomic E-state index is 13.5. The number of ether oxygens (including phenoxy) is 1. The van der Waals surface area contributed by atoms with Gasteiger partial charge in [-0.1, -0.05) is 6.07 Å². The number of carbonyl (C=O) groups excluding carboxylic acids is 1. The summed E-state index contributed by atoms with van der Waals surface area (Å²) in [5.41, 5.74) is 1.14. The molecule has 2 aromatic rings. The SMILES string of the molecule is COc1ccc(CCNC(=O)c2ccc(F)cc2)cc1F. The minimum Gasteiger partial charge on any atom is -0.494 e. The van der Waals surface area contributed by atoms with Crippen LogP contribution in [-0.2, 0) is 6.42 Å². The van der Waals surface area contributed by atoms with Crippen LogP contribution in [0.2, 0.25) is 0 Å². The number of hydrogen-bond acceptors (Lipinski definition) is 2. The van der Waals surface area contributed by atoms with Gasteiger partial charge in [-0.3, -0.25) is 4.79 Å². The molecule has 2 rings (SSSR count). The van der Waals surface area contributed by atoms with E-state index in [0.29, 0.717) is 18.5 Å². The number of carbonyl (C=O) groups is 1. The Morgan fingerprint density at radius 2 is 1.86 bits per heavy atom. The maximum Gasteiger partial charge on any atom is 0.251 e. The first-order chi connectivity index (χ1) is 10.1. The van der Waals surface area contributed by atoms with E-state index in [2.05, 4.69) is 5.32 Å². The summed E-state index contributed by atoms with van der Waals surface area (Å²) in [5.74, 6) is -0.918. The third-order valence-electron chi connectivity index (χ3n) is 3.02. The molecule has 1 N–H and O–H groups in total. The van der Waals surface area contributed by atoms with Gasteiger partial charge in [-0.15, -0.1) is 0 Å². The molecule has 0 radical (unpaired) electrons. The molecule has 21 heavy (non-hydrogen) atoms. The van der Waals surface area contributed by atoms with Crippen LogP contribution in [0.4, 0.5) is 8.78 Å². The second-order valence-electron chi connectivity index (χ2n) is 4.48. The smallest absolute Gasteiger partial charge is 0.251 e. The molecular formula is C16H15F2NO2. The van der Waals surface area contributed by atoms with Gasteiger partial charge < -0.3 is 10.1 Å². The number of halogens is 2. The van der Waals surface area contributed by atoms with Crippen molar-refractivity contribution in [2.24, 2.45) is 0 Å². The molecule has 2 aromatic carbocycles. The average Bonchev–Trinajstić information content (AvgIpc) is 2.48. The number of rotatable bonds is 5. The molecule has 0 spiro atoms. The van der Waals surface area contributed by atoms with Crippen LogP contribution in [0.3, 0.4) is 0 Å². The van der Waals surface area contributed by atoms with Crippen molar-refractivity contribution in [2.75, 3.05) is 13.7 Å². The molecule has 3 nitrogen and oxygen atoms in total. The van der Waals surface area contributed by atoms with Gasteiger partial charge in [-0.25, -0.2) is 8.78 Å². The molecular weight excluding hydrogens is 276 g/mol. The van der Waals surface area contributed by atoms with Crippen LogP contribution in [0, 0.1) is 11.6 Å². The summed E-state index contributed by atoms with van der Waals surface area (Å²) in [6.45, 7) is 0.363. The lowest BCUT2D eigenvalue weighted by molar-refractivity contribution is 0.0954. The molecule has 0 bridgehead atoms. The van der Waals surface area contributed by atoms with Gasteiger partial charge in [0, 0.05) is 12.1 Å². The molecule has 0 aliphatic heterocycles. The highest BCUT2D eigenvalue weighted by Crippen LogP contribution is 2.17. The Hall–Kier alpha value is -2.43. The van der Waals surface area contributed by atoms with E-state index in [0.717, 1.165) is 5.56 Å². The fourth-order valence-electron chi connectivity index (χ4n) is 1.89. The molecule has 0 saturated carbocycles. The molecule has 0 fully saturated rings. The average molecular weight is 291 g/mol. The highest BCUT2D eigenvalue weighted by atomic mass is 19.1. The van der Waals surface area contributed by atoms with E-state index in [1.807, 2.05) is 0 Å². The monoisotopic (exact) mass is 291 g/mol. The van der Waals surface area contributed by atoms with Gasteiger partial charge in [0.15, 0.2) is 11.6 Å². The van der Waals surface area contributed by atoms with Crippen molar-refractivity contribution in [3.05, 3.63) is 65.2 Å². The zero-order valence-corrected chi connectivity index (χ0v) is 11.5. The minimum absolute atomic E-state index is 0.189. The van der Waals surface area contributed by atoms with E-state index in [1.165, 1.54) is 37.4 Å². The van der Waals surface area contributed by atoms with Gasteiger partial charge >= 0.3 is 0 Å². The van der Waals surface area contributed by atoms with Crippen molar-refractivity contribution in [3.8, 4) is 5.75 Å². The Morgan fingerprint density at radius 3 is 2.48 bits per heavy atom. The first-order valence-corrected chi connectivity index (χ1v) is 6.46. The Labute approximate surface area is 121 Å². The highest BCUT2D eigenvalue weighted by molar-refractivity contribution is 5.94. The summed E-state index contributed by atoms with van der Waals surface area (Å²) in [5, 5.41) is 2.70. The van der Waals surface area contributed by atoms with E-state index in [1.54, 1.807) is 12.1 Å². The first kappa shape index (κ1) is 15.0. The molecule has 1 amide bonds. The number of benzene rings is 2. The Kier molecular flexibility index (Phi) is 4.87. The highest BCUT2D eigenvalue weighted by Gasteiger charge is 2.06. The number of methoxy groups -OCH3 is 1. The summed E-state index contributed by atoms with van der Waals surface area (Å²) in [4.78, 5) is 11.8. The predicted molar refractivity (Wildman–Crippen MR) is 75.4 cm³/mol. The van der Waals surface area contributed by atoms with Gasteiger partial charge in [0.05, 0.1) is 7.11 Å². The molecule has 0 aliphatic rings. The van der Waals surface area contributed by atoms with Crippen LogP contribution in [0.1, 0.15) is 15.9 Å². The van der Waals surface area contributed by atoms with Gasteiger partial charge in [0.1, 0.15) is 5.82 Å². The summed E-state index contributed by atoms with van der Waals surface area (Å²) >= 11 is 0. The lowest BCUT2D eigenvalue weighted by atomic mass is 10.1. The molecule has 110 valence electrons. The van der Waals surface area contributed by atoms with Crippen LogP contribution in [0.15, 0.2) is 42.5 Å². The van der Waals surface area contributed by atoms with E-state index < -0.39 is 5.82 Å². The number of hydrogen-bond donors (Lipinski definition) is 1. The molecule has 0 atom stereocenters. The van der Waals surface area contributed by atoms with Crippen LogP contribution < -0.4 is 10.1 Å². The lowest BCUT2D eigenvalue weighted by Gasteiger charge is -2.07. The topological polar surface area (TPSA) is 38.3 Å². The zero-order chi connectivity index (χ0) is 15.2. The molecule has 0 heterocycles. The fraction of sp³-hybridized carbons (Fsp3) is 0.188. The quantitative estimate of drug-likeness (QED) is 0.920. The molecule has 0 unspecified atom stereocenters. The Morgan fingerprint density at radius 1 is 1.14 bits per heavy atom. The van der Waals surface area contributed by atoms with Crippen molar-refractivity contribution in [3.63, 3.8) is 0 Å². The standard InChI is InChI=1S/C16H15F2NO2/c1-21-15-7-2-11(10-14(15)18)8-9-19-16(20)12-3-5-13(17)6-4-12/h2-7,10H,8-9H2,1H3,(H,19,20). The van der Waals surface area contributed by atoms with E-state index in [4.69, 9.17) is 4.74 Å². The Bertz CT molecular complexity index is 627. The van der Waals surface area contributed by atoms with Crippen molar-refractivity contribution >= 4 is 5.91 Å².